The standard InChI is InChI=1S/C17H21N3O2/c21-16-2-1-7-20(16)14-5-3-12(4-6-14)9-19-10-13-8-18-17(22)15(13)11-19/h3-6,13,15H,1-2,7-11H2,(H,18,22)/t13-,15+/m0/s1. The molecule has 1 N–H and O–H groups in total. The molecule has 0 aliphatic carbocycles. The van der Waals surface area contributed by atoms with Gasteiger partial charge in [-0.15, -0.1) is 0 Å². The Kier molecular flexibility index (Phi) is 3.37. The molecule has 0 bridgehead atoms. The number of hydrogen-bond donors (Lipinski definition) is 1. The minimum absolute atomic E-state index is 0.182. The normalized spacial score (nSPS) is 28.3. The summed E-state index contributed by atoms with van der Waals surface area (Å²) in [6.07, 6.45) is 1.62. The van der Waals surface area contributed by atoms with Gasteiger partial charge in [0.2, 0.25) is 11.8 Å². The molecule has 1 aromatic carbocycles. The second kappa shape index (κ2) is 5.39. The molecule has 4 rings (SSSR count). The predicted molar refractivity (Wildman–Crippen MR) is 83.3 cm³/mol. The van der Waals surface area contributed by atoms with Crippen LogP contribution in [0.3, 0.4) is 0 Å². The second-order valence-corrected chi connectivity index (χ2v) is 6.62. The van der Waals surface area contributed by atoms with E-state index in [-0.39, 0.29) is 17.7 Å². The van der Waals surface area contributed by atoms with E-state index in [1.165, 1.54) is 5.56 Å². The summed E-state index contributed by atoms with van der Waals surface area (Å²) in [5.74, 6) is 1.11. The van der Waals surface area contributed by atoms with Crippen molar-refractivity contribution >= 4 is 17.5 Å². The van der Waals surface area contributed by atoms with Crippen LogP contribution in [-0.2, 0) is 16.1 Å². The molecule has 2 amide bonds. The lowest BCUT2D eigenvalue weighted by molar-refractivity contribution is -0.122. The number of carbonyl (C=O) groups excluding carboxylic acids is 2. The number of nitrogens with one attached hydrogen (secondary N) is 1. The first-order chi connectivity index (χ1) is 10.7. The average molecular weight is 299 g/mol. The van der Waals surface area contributed by atoms with Gasteiger partial charge in [-0.25, -0.2) is 0 Å². The van der Waals surface area contributed by atoms with Crippen LogP contribution >= 0.6 is 0 Å². The maximum Gasteiger partial charge on any atom is 0.227 e. The molecule has 2 atom stereocenters. The van der Waals surface area contributed by atoms with Crippen molar-refractivity contribution in [3.8, 4) is 0 Å². The largest absolute Gasteiger partial charge is 0.355 e. The smallest absolute Gasteiger partial charge is 0.227 e. The second-order valence-electron chi connectivity index (χ2n) is 6.62. The molecule has 0 saturated carbocycles. The molecule has 0 spiro atoms. The molecule has 0 unspecified atom stereocenters. The molecule has 0 radical (unpaired) electrons. The molecular formula is C17H21N3O2. The van der Waals surface area contributed by atoms with Crippen LogP contribution in [0.5, 0.6) is 0 Å². The lowest BCUT2D eigenvalue weighted by atomic mass is 10.0. The zero-order chi connectivity index (χ0) is 15.1. The van der Waals surface area contributed by atoms with E-state index < -0.39 is 0 Å². The maximum absolute atomic E-state index is 11.8. The molecular weight excluding hydrogens is 278 g/mol. The first kappa shape index (κ1) is 13.8. The van der Waals surface area contributed by atoms with Gasteiger partial charge in [0.1, 0.15) is 0 Å². The third kappa shape index (κ3) is 2.39. The molecule has 0 aromatic heterocycles. The van der Waals surface area contributed by atoms with Gasteiger partial charge in [0.25, 0.3) is 0 Å². The van der Waals surface area contributed by atoms with Gasteiger partial charge in [-0.3, -0.25) is 14.5 Å². The van der Waals surface area contributed by atoms with Gasteiger partial charge in [-0.2, -0.15) is 0 Å². The van der Waals surface area contributed by atoms with E-state index in [4.69, 9.17) is 0 Å². The van der Waals surface area contributed by atoms with Crippen molar-refractivity contribution < 1.29 is 9.59 Å². The minimum Gasteiger partial charge on any atom is -0.355 e. The molecule has 1 aromatic rings. The van der Waals surface area contributed by atoms with Crippen molar-refractivity contribution in [2.75, 3.05) is 31.1 Å². The Balaban J connectivity index is 1.40. The molecule has 5 heteroatoms. The van der Waals surface area contributed by atoms with Crippen LogP contribution in [0.25, 0.3) is 0 Å². The number of benzene rings is 1. The Morgan fingerprint density at radius 1 is 1.14 bits per heavy atom. The van der Waals surface area contributed by atoms with Crippen LogP contribution in [0, 0.1) is 11.8 Å². The van der Waals surface area contributed by atoms with E-state index in [0.717, 1.165) is 44.8 Å². The van der Waals surface area contributed by atoms with Crippen LogP contribution in [-0.4, -0.2) is 42.9 Å². The Hall–Kier alpha value is -1.88. The SMILES string of the molecule is O=C1NC[C@H]2CN(Cc3ccc(N4CCCC4=O)cc3)C[C@@H]12. The zero-order valence-electron chi connectivity index (χ0n) is 12.6. The topological polar surface area (TPSA) is 52.7 Å². The van der Waals surface area contributed by atoms with Crippen molar-refractivity contribution in [2.24, 2.45) is 11.8 Å². The Bertz CT molecular complexity index is 598. The summed E-state index contributed by atoms with van der Waals surface area (Å²) < 4.78 is 0. The van der Waals surface area contributed by atoms with Gasteiger partial charge in [-0.1, -0.05) is 12.1 Å². The minimum atomic E-state index is 0.182. The summed E-state index contributed by atoms with van der Waals surface area (Å²) in [6, 6.07) is 8.30. The fourth-order valence-corrected chi connectivity index (χ4v) is 3.92. The quantitative estimate of drug-likeness (QED) is 0.905. The molecule has 22 heavy (non-hydrogen) atoms. The van der Waals surface area contributed by atoms with E-state index in [1.54, 1.807) is 0 Å². The van der Waals surface area contributed by atoms with Gasteiger partial charge in [-0.05, 0) is 24.1 Å². The number of likely N-dealkylation sites (tertiary alicyclic amines) is 1. The summed E-state index contributed by atoms with van der Waals surface area (Å²) in [7, 11) is 0. The first-order valence-corrected chi connectivity index (χ1v) is 8.10. The number of amides is 2. The summed E-state index contributed by atoms with van der Waals surface area (Å²) >= 11 is 0. The van der Waals surface area contributed by atoms with E-state index in [9.17, 15) is 9.59 Å². The highest BCUT2D eigenvalue weighted by molar-refractivity contribution is 5.95. The summed E-state index contributed by atoms with van der Waals surface area (Å²) in [5.41, 5.74) is 2.25. The van der Waals surface area contributed by atoms with E-state index in [2.05, 4.69) is 22.3 Å². The van der Waals surface area contributed by atoms with Gasteiger partial charge in [0.05, 0.1) is 5.92 Å². The third-order valence-electron chi connectivity index (χ3n) is 5.12. The van der Waals surface area contributed by atoms with Crippen LogP contribution in [0.2, 0.25) is 0 Å². The van der Waals surface area contributed by atoms with Gasteiger partial charge < -0.3 is 10.2 Å². The Morgan fingerprint density at radius 3 is 2.64 bits per heavy atom. The monoisotopic (exact) mass is 299 g/mol. The van der Waals surface area contributed by atoms with E-state index in [1.807, 2.05) is 17.0 Å². The summed E-state index contributed by atoms with van der Waals surface area (Å²) in [4.78, 5) is 27.7. The van der Waals surface area contributed by atoms with Crippen molar-refractivity contribution in [1.29, 1.82) is 0 Å². The molecule has 116 valence electrons. The number of carbonyl (C=O) groups is 2. The number of fused-ring (bicyclic) bond motifs is 1. The fraction of sp³-hybridized carbons (Fsp3) is 0.529. The molecule has 3 saturated heterocycles. The van der Waals surface area contributed by atoms with Crippen molar-refractivity contribution in [2.45, 2.75) is 19.4 Å². The predicted octanol–water partition coefficient (Wildman–Crippen LogP) is 0.991. The lowest BCUT2D eigenvalue weighted by Crippen LogP contribution is -2.28. The number of nitrogens with zero attached hydrogens (tertiary/aromatic N) is 2. The summed E-state index contributed by atoms with van der Waals surface area (Å²) in [6.45, 7) is 4.41. The molecule has 3 heterocycles. The zero-order valence-corrected chi connectivity index (χ0v) is 12.6. The highest BCUT2D eigenvalue weighted by atomic mass is 16.2. The van der Waals surface area contributed by atoms with Gasteiger partial charge >= 0.3 is 0 Å². The molecule has 3 aliphatic rings. The highest BCUT2D eigenvalue weighted by Gasteiger charge is 2.41. The Labute approximate surface area is 130 Å². The first-order valence-electron chi connectivity index (χ1n) is 8.10. The Morgan fingerprint density at radius 2 is 1.95 bits per heavy atom. The average Bonchev–Trinajstić information content (AvgIpc) is 3.19. The fourth-order valence-electron chi connectivity index (χ4n) is 3.92. The van der Waals surface area contributed by atoms with Crippen molar-refractivity contribution in [3.63, 3.8) is 0 Å². The number of rotatable bonds is 3. The van der Waals surface area contributed by atoms with Gasteiger partial charge in [0.15, 0.2) is 0 Å². The number of anilines is 1. The molecule has 3 aliphatic heterocycles. The van der Waals surface area contributed by atoms with Crippen LogP contribution in [0.1, 0.15) is 18.4 Å². The highest BCUT2D eigenvalue weighted by Crippen LogP contribution is 2.29. The van der Waals surface area contributed by atoms with Crippen LogP contribution in [0.4, 0.5) is 5.69 Å². The molecule has 5 nitrogen and oxygen atoms in total. The van der Waals surface area contributed by atoms with Crippen LogP contribution < -0.4 is 10.2 Å². The van der Waals surface area contributed by atoms with Crippen molar-refractivity contribution in [1.82, 2.24) is 10.2 Å². The molecule has 3 fully saturated rings. The number of hydrogen-bond acceptors (Lipinski definition) is 3. The van der Waals surface area contributed by atoms with Gasteiger partial charge in [0, 0.05) is 50.7 Å². The van der Waals surface area contributed by atoms with Crippen LogP contribution in [0.15, 0.2) is 24.3 Å². The summed E-state index contributed by atoms with van der Waals surface area (Å²) in [5, 5.41) is 2.95. The lowest BCUT2D eigenvalue weighted by Gasteiger charge is -2.19. The van der Waals surface area contributed by atoms with Crippen molar-refractivity contribution in [3.05, 3.63) is 29.8 Å². The van der Waals surface area contributed by atoms with E-state index >= 15 is 0 Å². The maximum atomic E-state index is 11.8. The van der Waals surface area contributed by atoms with E-state index in [0.29, 0.717) is 12.3 Å². The third-order valence-corrected chi connectivity index (χ3v) is 5.12.